The lowest BCUT2D eigenvalue weighted by Crippen LogP contribution is -2.47. The van der Waals surface area contributed by atoms with Crippen LogP contribution in [0.25, 0.3) is 0 Å². The van der Waals surface area contributed by atoms with Crippen LogP contribution in [0, 0.1) is 0 Å². The number of halogens is 1. The molecule has 1 heterocycles. The zero-order valence-electron chi connectivity index (χ0n) is 14.8. The van der Waals surface area contributed by atoms with Gasteiger partial charge >= 0.3 is 6.03 Å². The highest BCUT2D eigenvalue weighted by atomic mass is 35.5. The number of morpholine rings is 1. The fourth-order valence-electron chi connectivity index (χ4n) is 2.93. The van der Waals surface area contributed by atoms with Crippen molar-refractivity contribution >= 4 is 17.6 Å². The zero-order chi connectivity index (χ0) is 18.4. The summed E-state index contributed by atoms with van der Waals surface area (Å²) < 4.78 is 11.0. The molecule has 0 aromatic heterocycles. The van der Waals surface area contributed by atoms with Crippen molar-refractivity contribution in [2.24, 2.45) is 0 Å². The second-order valence-corrected chi connectivity index (χ2v) is 6.62. The normalized spacial score (nSPS) is 17.0. The minimum Gasteiger partial charge on any atom is -0.497 e. The molecule has 0 saturated carbocycles. The number of hydrogen-bond acceptors (Lipinski definition) is 3. The molecule has 0 aliphatic carbocycles. The number of benzene rings is 2. The van der Waals surface area contributed by atoms with E-state index < -0.39 is 0 Å². The lowest BCUT2D eigenvalue weighted by Gasteiger charge is -2.33. The molecule has 138 valence electrons. The number of methoxy groups -OCH3 is 1. The first-order valence-corrected chi connectivity index (χ1v) is 9.06. The molecule has 1 saturated heterocycles. The van der Waals surface area contributed by atoms with Gasteiger partial charge < -0.3 is 19.7 Å². The molecular formula is C20H23ClN2O3. The maximum Gasteiger partial charge on any atom is 0.317 e. The fraction of sp³-hybridized carbons (Fsp3) is 0.350. The van der Waals surface area contributed by atoms with E-state index in [1.165, 1.54) is 0 Å². The molecule has 2 aromatic carbocycles. The summed E-state index contributed by atoms with van der Waals surface area (Å²) in [5.41, 5.74) is 2.19. The third-order valence-corrected chi connectivity index (χ3v) is 4.70. The van der Waals surface area contributed by atoms with Gasteiger partial charge in [-0.1, -0.05) is 35.9 Å². The van der Waals surface area contributed by atoms with Gasteiger partial charge in [0.05, 0.1) is 20.3 Å². The number of hydrogen-bond donors (Lipinski definition) is 1. The summed E-state index contributed by atoms with van der Waals surface area (Å²) in [4.78, 5) is 14.2. The van der Waals surface area contributed by atoms with Gasteiger partial charge in [0.25, 0.3) is 0 Å². The molecule has 6 heteroatoms. The lowest BCUT2D eigenvalue weighted by molar-refractivity contribution is -0.0153. The number of rotatable bonds is 5. The van der Waals surface area contributed by atoms with Crippen molar-refractivity contribution < 1.29 is 14.3 Å². The Morgan fingerprint density at radius 3 is 2.65 bits per heavy atom. The molecule has 1 aliphatic heterocycles. The molecule has 26 heavy (non-hydrogen) atoms. The molecule has 0 spiro atoms. The van der Waals surface area contributed by atoms with Crippen LogP contribution in [0.4, 0.5) is 4.79 Å². The SMILES string of the molecule is COc1ccc(CCNC(=O)N2CCOC(c3ccc(Cl)cc3)C2)cc1. The lowest BCUT2D eigenvalue weighted by atomic mass is 10.1. The Kier molecular flexibility index (Phi) is 6.36. The Balaban J connectivity index is 1.48. The summed E-state index contributed by atoms with van der Waals surface area (Å²) in [7, 11) is 1.65. The highest BCUT2D eigenvalue weighted by Gasteiger charge is 2.25. The third kappa shape index (κ3) is 4.90. The van der Waals surface area contributed by atoms with Gasteiger partial charge in [0.2, 0.25) is 0 Å². The number of nitrogens with zero attached hydrogens (tertiary/aromatic N) is 1. The van der Waals surface area contributed by atoms with Crippen molar-refractivity contribution in [1.29, 1.82) is 0 Å². The highest BCUT2D eigenvalue weighted by molar-refractivity contribution is 6.30. The van der Waals surface area contributed by atoms with Crippen molar-refractivity contribution in [3.63, 3.8) is 0 Å². The molecule has 3 rings (SSSR count). The third-order valence-electron chi connectivity index (χ3n) is 4.44. The van der Waals surface area contributed by atoms with E-state index in [2.05, 4.69) is 5.32 Å². The molecule has 0 radical (unpaired) electrons. The van der Waals surface area contributed by atoms with Crippen LogP contribution >= 0.6 is 11.6 Å². The molecular weight excluding hydrogens is 352 g/mol. The minimum absolute atomic E-state index is 0.0548. The maximum atomic E-state index is 12.4. The Bertz CT molecular complexity index is 719. The molecule has 1 unspecified atom stereocenters. The van der Waals surface area contributed by atoms with E-state index in [1.807, 2.05) is 48.5 Å². The van der Waals surface area contributed by atoms with Gasteiger partial charge in [-0.15, -0.1) is 0 Å². The maximum absolute atomic E-state index is 12.4. The average Bonchev–Trinajstić information content (AvgIpc) is 2.69. The number of carbonyl (C=O) groups excluding carboxylic acids is 1. The standard InChI is InChI=1S/C20H23ClN2O3/c1-25-18-8-2-15(3-9-18)10-11-22-20(24)23-12-13-26-19(14-23)16-4-6-17(21)7-5-16/h2-9,19H,10-14H2,1H3,(H,22,24). The first-order valence-electron chi connectivity index (χ1n) is 8.68. The first kappa shape index (κ1) is 18.5. The van der Waals surface area contributed by atoms with Crippen LogP contribution in [0.15, 0.2) is 48.5 Å². The van der Waals surface area contributed by atoms with Gasteiger partial charge in [-0.2, -0.15) is 0 Å². The summed E-state index contributed by atoms with van der Waals surface area (Å²) in [5.74, 6) is 0.833. The molecule has 1 N–H and O–H groups in total. The summed E-state index contributed by atoms with van der Waals surface area (Å²) in [5, 5.41) is 3.68. The van der Waals surface area contributed by atoms with Crippen molar-refractivity contribution in [3.05, 3.63) is 64.7 Å². The number of nitrogens with one attached hydrogen (secondary N) is 1. The fourth-order valence-corrected chi connectivity index (χ4v) is 3.06. The largest absolute Gasteiger partial charge is 0.497 e. The van der Waals surface area contributed by atoms with Crippen LogP contribution < -0.4 is 10.1 Å². The van der Waals surface area contributed by atoms with Crippen LogP contribution in [0.3, 0.4) is 0 Å². The topological polar surface area (TPSA) is 50.8 Å². The van der Waals surface area contributed by atoms with Gasteiger partial charge in [-0.3, -0.25) is 0 Å². The van der Waals surface area contributed by atoms with E-state index in [9.17, 15) is 4.79 Å². The van der Waals surface area contributed by atoms with Crippen LogP contribution in [0.2, 0.25) is 5.02 Å². The number of amides is 2. The quantitative estimate of drug-likeness (QED) is 0.868. The second-order valence-electron chi connectivity index (χ2n) is 6.19. The van der Waals surface area contributed by atoms with Gasteiger partial charge in [-0.25, -0.2) is 4.79 Å². The van der Waals surface area contributed by atoms with Crippen molar-refractivity contribution in [1.82, 2.24) is 10.2 Å². The summed E-state index contributed by atoms with van der Waals surface area (Å²) in [6.07, 6.45) is 0.661. The molecule has 2 aromatic rings. The highest BCUT2D eigenvalue weighted by Crippen LogP contribution is 2.23. The predicted octanol–water partition coefficient (Wildman–Crippen LogP) is 3.67. The molecule has 1 fully saturated rings. The Morgan fingerprint density at radius 1 is 1.23 bits per heavy atom. The molecule has 0 bridgehead atoms. The van der Waals surface area contributed by atoms with Crippen LogP contribution in [-0.4, -0.2) is 44.3 Å². The minimum atomic E-state index is -0.117. The van der Waals surface area contributed by atoms with Gasteiger partial charge in [0, 0.05) is 18.1 Å². The van der Waals surface area contributed by atoms with Crippen LogP contribution in [0.1, 0.15) is 17.2 Å². The van der Waals surface area contributed by atoms with E-state index in [1.54, 1.807) is 12.0 Å². The van der Waals surface area contributed by atoms with E-state index in [-0.39, 0.29) is 12.1 Å². The summed E-state index contributed by atoms with van der Waals surface area (Å²) in [6, 6.07) is 15.4. The van der Waals surface area contributed by atoms with Gasteiger partial charge in [0.1, 0.15) is 11.9 Å². The Hall–Kier alpha value is -2.24. The van der Waals surface area contributed by atoms with Gasteiger partial charge in [-0.05, 0) is 41.8 Å². The second kappa shape index (κ2) is 8.92. The Morgan fingerprint density at radius 2 is 1.96 bits per heavy atom. The van der Waals surface area contributed by atoms with Gasteiger partial charge in [0.15, 0.2) is 0 Å². The monoisotopic (exact) mass is 374 g/mol. The Labute approximate surface area is 158 Å². The van der Waals surface area contributed by atoms with Crippen molar-refractivity contribution in [2.75, 3.05) is 33.4 Å². The number of carbonyl (C=O) groups is 1. The van der Waals surface area contributed by atoms with E-state index >= 15 is 0 Å². The van der Waals surface area contributed by atoms with E-state index in [0.717, 1.165) is 23.3 Å². The van der Waals surface area contributed by atoms with E-state index in [0.29, 0.717) is 31.3 Å². The average molecular weight is 375 g/mol. The van der Waals surface area contributed by atoms with E-state index in [4.69, 9.17) is 21.1 Å². The predicted molar refractivity (Wildman–Crippen MR) is 102 cm³/mol. The zero-order valence-corrected chi connectivity index (χ0v) is 15.5. The molecule has 1 aliphatic rings. The summed E-state index contributed by atoms with van der Waals surface area (Å²) >= 11 is 5.93. The van der Waals surface area contributed by atoms with Crippen molar-refractivity contribution in [3.8, 4) is 5.75 Å². The smallest absolute Gasteiger partial charge is 0.317 e. The summed E-state index contributed by atoms with van der Waals surface area (Å²) in [6.45, 7) is 2.25. The first-order chi connectivity index (χ1) is 12.7. The number of ether oxygens (including phenoxy) is 2. The molecule has 1 atom stereocenters. The molecule has 2 amide bonds. The van der Waals surface area contributed by atoms with Crippen molar-refractivity contribution in [2.45, 2.75) is 12.5 Å². The molecule has 5 nitrogen and oxygen atoms in total. The van der Waals surface area contributed by atoms with Crippen LogP contribution in [0.5, 0.6) is 5.75 Å². The van der Waals surface area contributed by atoms with Crippen LogP contribution in [-0.2, 0) is 11.2 Å². The number of urea groups is 1.